The van der Waals surface area contributed by atoms with E-state index in [1.54, 1.807) is 4.90 Å². The van der Waals surface area contributed by atoms with Crippen LogP contribution in [0.25, 0.3) is 0 Å². The standard InChI is InChI=1S/C28H43N7O4/c1-16(2)18(5)26(36)35-10-7-8-22(35)25-30-14-21(32-25)12-20-13-29-24(31-20)19-9-11-34(15-19)27(37)23(17(3)4)33-28(38)39-6/h13-14,16-19,22-23H,7-12,15H2,1-6H3,(H,29,31)(H,30,32)(H,33,38)/t18-,19-,22-,23-/m0/s1. The second-order valence-corrected chi connectivity index (χ2v) is 11.6. The molecule has 4 heterocycles. The van der Waals surface area contributed by atoms with Crippen LogP contribution in [-0.4, -0.2) is 80.4 Å². The van der Waals surface area contributed by atoms with Crippen LogP contribution < -0.4 is 5.32 Å². The number of ether oxygens (including phenoxy) is 1. The minimum atomic E-state index is -0.628. The van der Waals surface area contributed by atoms with Crippen molar-refractivity contribution >= 4 is 17.9 Å². The Kier molecular flexibility index (Phi) is 8.97. The SMILES string of the molecule is COC(=O)N[C@H](C(=O)N1CC[C@H](c2ncc(Cc3c[nH]c([C@@H]4CCCN4C(=O)[C@@H](C)C(C)C)n3)[nH]2)C1)C(C)C. The minimum absolute atomic E-state index is 0.00451. The highest BCUT2D eigenvalue weighted by Gasteiger charge is 2.36. The molecule has 4 rings (SSSR count). The van der Waals surface area contributed by atoms with Crippen LogP contribution in [0.3, 0.4) is 0 Å². The zero-order chi connectivity index (χ0) is 28.3. The van der Waals surface area contributed by atoms with Crippen molar-refractivity contribution in [3.63, 3.8) is 0 Å². The van der Waals surface area contributed by atoms with E-state index in [2.05, 4.69) is 38.9 Å². The van der Waals surface area contributed by atoms with Gasteiger partial charge in [0.05, 0.1) is 18.8 Å². The van der Waals surface area contributed by atoms with Gasteiger partial charge in [0, 0.05) is 56.0 Å². The van der Waals surface area contributed by atoms with E-state index in [-0.39, 0.29) is 35.6 Å². The Morgan fingerprint density at radius 1 is 1.08 bits per heavy atom. The Morgan fingerprint density at radius 3 is 2.54 bits per heavy atom. The summed E-state index contributed by atoms with van der Waals surface area (Å²) in [6.07, 6.45) is 6.45. The first-order chi connectivity index (χ1) is 18.6. The topological polar surface area (TPSA) is 136 Å². The number of nitrogens with zero attached hydrogens (tertiary/aromatic N) is 4. The van der Waals surface area contributed by atoms with Gasteiger partial charge in [-0.05, 0) is 31.1 Å². The predicted octanol–water partition coefficient (Wildman–Crippen LogP) is 3.38. The smallest absolute Gasteiger partial charge is 0.407 e. The zero-order valence-corrected chi connectivity index (χ0v) is 24.0. The maximum atomic E-state index is 13.1. The summed E-state index contributed by atoms with van der Waals surface area (Å²) in [5.74, 6) is 2.14. The summed E-state index contributed by atoms with van der Waals surface area (Å²) >= 11 is 0. The molecule has 3 amide bonds. The van der Waals surface area contributed by atoms with E-state index in [1.807, 2.05) is 38.1 Å². The van der Waals surface area contributed by atoms with E-state index in [0.717, 1.165) is 48.8 Å². The van der Waals surface area contributed by atoms with Gasteiger partial charge < -0.3 is 29.8 Å². The molecule has 0 unspecified atom stereocenters. The lowest BCUT2D eigenvalue weighted by molar-refractivity contribution is -0.137. The number of H-pyrrole nitrogens is 2. The van der Waals surface area contributed by atoms with Gasteiger partial charge in [0.25, 0.3) is 0 Å². The number of imidazole rings is 2. The molecule has 0 saturated carbocycles. The van der Waals surface area contributed by atoms with Gasteiger partial charge in [0.2, 0.25) is 11.8 Å². The van der Waals surface area contributed by atoms with Crippen molar-refractivity contribution in [1.29, 1.82) is 0 Å². The highest BCUT2D eigenvalue weighted by atomic mass is 16.5. The van der Waals surface area contributed by atoms with Crippen molar-refractivity contribution < 1.29 is 19.1 Å². The fraction of sp³-hybridized carbons (Fsp3) is 0.679. The molecule has 3 N–H and O–H groups in total. The number of aromatic nitrogens is 4. The molecule has 0 radical (unpaired) electrons. The Balaban J connectivity index is 1.36. The van der Waals surface area contributed by atoms with Gasteiger partial charge in [0.1, 0.15) is 17.7 Å². The highest BCUT2D eigenvalue weighted by Crippen LogP contribution is 2.33. The number of hydrogen-bond donors (Lipinski definition) is 3. The average molecular weight is 542 g/mol. The Morgan fingerprint density at radius 2 is 1.85 bits per heavy atom. The molecule has 4 atom stereocenters. The highest BCUT2D eigenvalue weighted by molar-refractivity contribution is 5.86. The molecule has 2 aromatic rings. The van der Waals surface area contributed by atoms with E-state index in [0.29, 0.717) is 25.4 Å². The van der Waals surface area contributed by atoms with Crippen LogP contribution in [0.5, 0.6) is 0 Å². The summed E-state index contributed by atoms with van der Waals surface area (Å²) in [6, 6.07) is -0.632. The van der Waals surface area contributed by atoms with Gasteiger partial charge in [0.15, 0.2) is 0 Å². The number of carbonyl (C=O) groups is 3. The second-order valence-electron chi connectivity index (χ2n) is 11.6. The van der Waals surface area contributed by atoms with E-state index < -0.39 is 12.1 Å². The van der Waals surface area contributed by atoms with Crippen molar-refractivity contribution in [2.75, 3.05) is 26.7 Å². The second kappa shape index (κ2) is 12.2. The molecule has 2 fully saturated rings. The molecule has 0 aliphatic carbocycles. The molecule has 11 heteroatoms. The van der Waals surface area contributed by atoms with E-state index in [9.17, 15) is 14.4 Å². The van der Waals surface area contributed by atoms with Crippen LogP contribution >= 0.6 is 0 Å². The Hall–Kier alpha value is -3.37. The molecule has 214 valence electrons. The van der Waals surface area contributed by atoms with Crippen LogP contribution in [0.15, 0.2) is 12.4 Å². The first kappa shape index (κ1) is 28.6. The molecular formula is C28H43N7O4. The molecule has 2 saturated heterocycles. The number of hydrogen-bond acceptors (Lipinski definition) is 6. The van der Waals surface area contributed by atoms with E-state index in [4.69, 9.17) is 4.98 Å². The average Bonchev–Trinajstić information content (AvgIpc) is 3.71. The summed E-state index contributed by atoms with van der Waals surface area (Å²) in [5, 5.41) is 2.66. The summed E-state index contributed by atoms with van der Waals surface area (Å²) in [6.45, 7) is 11.9. The number of methoxy groups -OCH3 is 1. The summed E-state index contributed by atoms with van der Waals surface area (Å²) in [5.41, 5.74) is 1.85. The third-order valence-electron chi connectivity index (χ3n) is 8.19. The van der Waals surface area contributed by atoms with Gasteiger partial charge in [-0.3, -0.25) is 9.59 Å². The molecule has 2 aliphatic heterocycles. The maximum absolute atomic E-state index is 13.1. The molecular weight excluding hydrogens is 498 g/mol. The van der Waals surface area contributed by atoms with Crippen molar-refractivity contribution in [3.05, 3.63) is 35.4 Å². The predicted molar refractivity (Wildman–Crippen MR) is 146 cm³/mol. The third-order valence-corrected chi connectivity index (χ3v) is 8.19. The molecule has 0 bridgehead atoms. The fourth-order valence-corrected chi connectivity index (χ4v) is 5.45. The lowest BCUT2D eigenvalue weighted by Crippen LogP contribution is -2.50. The van der Waals surface area contributed by atoms with Crippen molar-refractivity contribution in [2.45, 2.75) is 78.3 Å². The molecule has 0 spiro atoms. The number of aromatic amines is 2. The first-order valence-corrected chi connectivity index (χ1v) is 14.1. The molecule has 2 aliphatic rings. The van der Waals surface area contributed by atoms with Crippen molar-refractivity contribution in [1.82, 2.24) is 35.1 Å². The maximum Gasteiger partial charge on any atom is 0.407 e. The molecule has 2 aromatic heterocycles. The minimum Gasteiger partial charge on any atom is -0.453 e. The lowest BCUT2D eigenvalue weighted by atomic mass is 9.96. The van der Waals surface area contributed by atoms with Crippen LogP contribution in [0.4, 0.5) is 4.79 Å². The van der Waals surface area contributed by atoms with Gasteiger partial charge in [-0.2, -0.15) is 0 Å². The van der Waals surface area contributed by atoms with Crippen LogP contribution in [0, 0.1) is 17.8 Å². The first-order valence-electron chi connectivity index (χ1n) is 14.1. The Labute approximate surface area is 230 Å². The quantitative estimate of drug-likeness (QED) is 0.445. The number of likely N-dealkylation sites (tertiary alicyclic amines) is 2. The number of carbonyl (C=O) groups excluding carboxylic acids is 3. The van der Waals surface area contributed by atoms with Crippen molar-refractivity contribution in [2.24, 2.45) is 17.8 Å². The number of amides is 3. The van der Waals surface area contributed by atoms with Gasteiger partial charge in [-0.1, -0.05) is 34.6 Å². The number of rotatable bonds is 9. The molecule has 39 heavy (non-hydrogen) atoms. The summed E-state index contributed by atoms with van der Waals surface area (Å²) < 4.78 is 4.69. The van der Waals surface area contributed by atoms with Gasteiger partial charge in [-0.25, -0.2) is 14.8 Å². The number of nitrogens with one attached hydrogen (secondary N) is 3. The summed E-state index contributed by atoms with van der Waals surface area (Å²) in [7, 11) is 1.29. The number of alkyl carbamates (subject to hydrolysis) is 1. The van der Waals surface area contributed by atoms with Crippen molar-refractivity contribution in [3.8, 4) is 0 Å². The monoisotopic (exact) mass is 541 g/mol. The van der Waals surface area contributed by atoms with Crippen LogP contribution in [-0.2, 0) is 20.7 Å². The normalized spacial score (nSPS) is 21.0. The largest absolute Gasteiger partial charge is 0.453 e. The third kappa shape index (κ3) is 6.45. The molecule has 11 nitrogen and oxygen atoms in total. The molecule has 0 aromatic carbocycles. The van der Waals surface area contributed by atoms with Gasteiger partial charge >= 0.3 is 6.09 Å². The van der Waals surface area contributed by atoms with Gasteiger partial charge in [-0.15, -0.1) is 0 Å². The van der Waals surface area contributed by atoms with Crippen LogP contribution in [0.2, 0.25) is 0 Å². The van der Waals surface area contributed by atoms with Crippen LogP contribution in [0.1, 0.15) is 88.9 Å². The Bertz CT molecular complexity index is 1160. The fourth-order valence-electron chi connectivity index (χ4n) is 5.45. The zero-order valence-electron chi connectivity index (χ0n) is 24.0. The summed E-state index contributed by atoms with van der Waals surface area (Å²) in [4.78, 5) is 57.8. The van der Waals surface area contributed by atoms with E-state index >= 15 is 0 Å². The van der Waals surface area contributed by atoms with E-state index in [1.165, 1.54) is 7.11 Å². The lowest BCUT2D eigenvalue weighted by Gasteiger charge is -2.27.